The summed E-state index contributed by atoms with van der Waals surface area (Å²) in [5.41, 5.74) is 11.4. The van der Waals surface area contributed by atoms with E-state index in [1.807, 2.05) is 30.3 Å². The Labute approximate surface area is 348 Å². The monoisotopic (exact) mass is 780 g/mol. The van der Waals surface area contributed by atoms with Gasteiger partial charge in [0.1, 0.15) is 22.3 Å². The molecule has 61 heavy (non-hydrogen) atoms. The summed E-state index contributed by atoms with van der Waals surface area (Å²) in [5.74, 6) is 1.66. The lowest BCUT2D eigenvalue weighted by molar-refractivity contribution is 0.669. The fourth-order valence-corrected chi connectivity index (χ4v) is 9.34. The summed E-state index contributed by atoms with van der Waals surface area (Å²) in [6.07, 6.45) is 0. The van der Waals surface area contributed by atoms with Crippen LogP contribution in [-0.2, 0) is 0 Å². The highest BCUT2D eigenvalue weighted by Gasteiger charge is 2.27. The van der Waals surface area contributed by atoms with Gasteiger partial charge in [-0.15, -0.1) is 0 Å². The van der Waals surface area contributed by atoms with Gasteiger partial charge in [-0.1, -0.05) is 152 Å². The molecule has 0 saturated carbocycles. The van der Waals surface area contributed by atoms with Gasteiger partial charge in [-0.05, 0) is 64.7 Å². The van der Waals surface area contributed by atoms with E-state index >= 15 is 0 Å². The lowest BCUT2D eigenvalue weighted by Gasteiger charge is -2.13. The largest absolute Gasteiger partial charge is 0.456 e. The molecular formula is C55H32N4O2. The van der Waals surface area contributed by atoms with Crippen molar-refractivity contribution in [3.05, 3.63) is 194 Å². The molecule has 0 aliphatic carbocycles. The van der Waals surface area contributed by atoms with Crippen LogP contribution < -0.4 is 0 Å². The molecule has 4 heterocycles. The quantitative estimate of drug-likeness (QED) is 0.174. The standard InChI is InChI=1S/C55H32N4O2/c1-3-15-33(16-4-1)35-19-13-21-37(31-35)53-56-54(38-22-14-20-36(32-38)34-17-5-2-6-18-34)58-55(57-53)59-43-26-10-7-23-39(43)50-51(59)42-29-30-46-47(40-24-8-11-27-44(40)60-46)48(42)49-41-25-9-12-28-45(41)61-52(49)50/h1-32H. The van der Waals surface area contributed by atoms with E-state index in [0.29, 0.717) is 17.6 Å². The Bertz CT molecular complexity index is 3780. The minimum Gasteiger partial charge on any atom is -0.456 e. The first-order valence-corrected chi connectivity index (χ1v) is 20.4. The predicted molar refractivity (Wildman–Crippen MR) is 248 cm³/mol. The number of benzene rings is 9. The molecule has 0 bridgehead atoms. The van der Waals surface area contributed by atoms with Crippen LogP contribution in [0.15, 0.2) is 203 Å². The number of furan rings is 2. The molecule has 0 unspecified atom stereocenters. The topological polar surface area (TPSA) is 69.9 Å². The van der Waals surface area contributed by atoms with Crippen molar-refractivity contribution in [2.75, 3.05) is 0 Å². The van der Waals surface area contributed by atoms with Gasteiger partial charge in [0, 0.05) is 48.8 Å². The zero-order valence-electron chi connectivity index (χ0n) is 32.6. The van der Waals surface area contributed by atoms with Gasteiger partial charge in [-0.3, -0.25) is 4.57 Å². The average Bonchev–Trinajstić information content (AvgIpc) is 4.02. The van der Waals surface area contributed by atoms with Crippen molar-refractivity contribution in [2.24, 2.45) is 0 Å². The SMILES string of the molecule is c1ccc(-c2cccc(-c3nc(-c4cccc(-c5ccccc5)c4)nc(-n4c5ccccc5c5c6oc7ccccc7c6c6c(ccc7oc8ccccc8c76)c54)n3)c2)cc1. The van der Waals surface area contributed by atoms with Gasteiger partial charge < -0.3 is 8.83 Å². The maximum absolute atomic E-state index is 6.97. The molecule has 284 valence electrons. The lowest BCUT2D eigenvalue weighted by Crippen LogP contribution is -2.06. The van der Waals surface area contributed by atoms with Crippen molar-refractivity contribution in [2.45, 2.75) is 0 Å². The van der Waals surface area contributed by atoms with E-state index in [4.69, 9.17) is 23.8 Å². The molecule has 0 amide bonds. The second kappa shape index (κ2) is 13.1. The van der Waals surface area contributed by atoms with E-state index in [2.05, 4.69) is 168 Å². The number of hydrogen-bond donors (Lipinski definition) is 0. The molecule has 0 radical (unpaired) electrons. The Hall–Kier alpha value is -8.35. The molecule has 0 spiro atoms. The van der Waals surface area contributed by atoms with Crippen molar-refractivity contribution in [1.82, 2.24) is 19.5 Å². The van der Waals surface area contributed by atoms with Crippen molar-refractivity contribution < 1.29 is 8.83 Å². The first kappa shape index (κ1) is 33.6. The average molecular weight is 781 g/mol. The van der Waals surface area contributed by atoms with Gasteiger partial charge in [-0.25, -0.2) is 4.98 Å². The summed E-state index contributed by atoms with van der Waals surface area (Å²) in [7, 11) is 0. The third-order valence-corrected chi connectivity index (χ3v) is 12.0. The highest BCUT2D eigenvalue weighted by atomic mass is 16.3. The summed E-state index contributed by atoms with van der Waals surface area (Å²) < 4.78 is 15.7. The summed E-state index contributed by atoms with van der Waals surface area (Å²) in [4.78, 5) is 16.1. The summed E-state index contributed by atoms with van der Waals surface area (Å²) >= 11 is 0. The number of rotatable bonds is 5. The number of hydrogen-bond acceptors (Lipinski definition) is 5. The van der Waals surface area contributed by atoms with Crippen molar-refractivity contribution in [3.63, 3.8) is 0 Å². The highest BCUT2D eigenvalue weighted by Crippen LogP contribution is 2.49. The van der Waals surface area contributed by atoms with Crippen molar-refractivity contribution in [3.8, 4) is 51.0 Å². The van der Waals surface area contributed by atoms with Gasteiger partial charge in [-0.2, -0.15) is 9.97 Å². The van der Waals surface area contributed by atoms with Crippen LogP contribution in [0.3, 0.4) is 0 Å². The van der Waals surface area contributed by atoms with E-state index < -0.39 is 0 Å². The fourth-order valence-electron chi connectivity index (χ4n) is 9.34. The van der Waals surface area contributed by atoms with Gasteiger partial charge in [0.15, 0.2) is 11.6 Å². The van der Waals surface area contributed by atoms with E-state index in [1.54, 1.807) is 0 Å². The number of para-hydroxylation sites is 3. The first-order valence-electron chi connectivity index (χ1n) is 20.4. The summed E-state index contributed by atoms with van der Waals surface area (Å²) in [6, 6.07) is 67.1. The third-order valence-electron chi connectivity index (χ3n) is 12.0. The maximum atomic E-state index is 6.97. The molecule has 0 N–H and O–H groups in total. The van der Waals surface area contributed by atoms with Gasteiger partial charge in [0.25, 0.3) is 0 Å². The molecule has 13 aromatic rings. The van der Waals surface area contributed by atoms with Crippen LogP contribution in [-0.4, -0.2) is 19.5 Å². The first-order chi connectivity index (χ1) is 30.2. The van der Waals surface area contributed by atoms with Crippen LogP contribution in [0.5, 0.6) is 0 Å². The Kier molecular flexibility index (Phi) is 7.21. The Morgan fingerprint density at radius 3 is 1.51 bits per heavy atom. The summed E-state index contributed by atoms with van der Waals surface area (Å²) in [6.45, 7) is 0. The molecule has 0 fully saturated rings. The zero-order valence-corrected chi connectivity index (χ0v) is 32.6. The fraction of sp³-hybridized carbons (Fsp3) is 0. The summed E-state index contributed by atoms with van der Waals surface area (Å²) in [5, 5.41) is 8.38. The molecule has 13 rings (SSSR count). The normalized spacial score (nSPS) is 11.9. The van der Waals surface area contributed by atoms with Crippen LogP contribution in [0.1, 0.15) is 0 Å². The minimum absolute atomic E-state index is 0.510. The third kappa shape index (κ3) is 5.12. The minimum atomic E-state index is 0.510. The molecule has 0 aliphatic rings. The van der Waals surface area contributed by atoms with Crippen LogP contribution in [0.2, 0.25) is 0 Å². The molecule has 4 aromatic heterocycles. The second-order valence-corrected chi connectivity index (χ2v) is 15.5. The second-order valence-electron chi connectivity index (χ2n) is 15.5. The van der Waals surface area contributed by atoms with Gasteiger partial charge in [0.05, 0.1) is 16.4 Å². The van der Waals surface area contributed by atoms with Gasteiger partial charge in [0.2, 0.25) is 5.95 Å². The highest BCUT2D eigenvalue weighted by molar-refractivity contribution is 6.40. The number of fused-ring (bicyclic) bond motifs is 14. The maximum Gasteiger partial charge on any atom is 0.238 e. The Morgan fingerprint density at radius 2 is 0.852 bits per heavy atom. The van der Waals surface area contributed by atoms with Crippen LogP contribution >= 0.6 is 0 Å². The predicted octanol–water partition coefficient (Wildman–Crippen LogP) is 14.6. The Morgan fingerprint density at radius 1 is 0.328 bits per heavy atom. The Balaban J connectivity index is 1.17. The molecular weight excluding hydrogens is 749 g/mol. The van der Waals surface area contributed by atoms with E-state index in [1.165, 1.54) is 0 Å². The molecule has 0 aliphatic heterocycles. The lowest BCUT2D eigenvalue weighted by atomic mass is 9.96. The molecule has 6 heteroatoms. The number of aromatic nitrogens is 4. The molecule has 0 atom stereocenters. The van der Waals surface area contributed by atoms with Crippen LogP contribution in [0.4, 0.5) is 0 Å². The van der Waals surface area contributed by atoms with Gasteiger partial charge >= 0.3 is 0 Å². The van der Waals surface area contributed by atoms with E-state index in [0.717, 1.165) is 110 Å². The molecule has 6 nitrogen and oxygen atoms in total. The molecule has 9 aromatic carbocycles. The smallest absolute Gasteiger partial charge is 0.238 e. The van der Waals surface area contributed by atoms with Crippen LogP contribution in [0.25, 0.3) is 127 Å². The molecule has 0 saturated heterocycles. The zero-order chi connectivity index (χ0) is 40.0. The van der Waals surface area contributed by atoms with E-state index in [-0.39, 0.29) is 0 Å². The van der Waals surface area contributed by atoms with E-state index in [9.17, 15) is 0 Å². The van der Waals surface area contributed by atoms with Crippen molar-refractivity contribution >= 4 is 76.5 Å². The van der Waals surface area contributed by atoms with Crippen molar-refractivity contribution in [1.29, 1.82) is 0 Å². The van der Waals surface area contributed by atoms with Crippen LogP contribution in [0, 0.1) is 0 Å². The number of nitrogens with zero attached hydrogens (tertiary/aromatic N) is 4.